The first-order valence-corrected chi connectivity index (χ1v) is 13.2. The van der Waals surface area contributed by atoms with Gasteiger partial charge in [0.1, 0.15) is 5.52 Å². The van der Waals surface area contributed by atoms with Crippen LogP contribution >= 0.6 is 23.2 Å². The highest BCUT2D eigenvalue weighted by molar-refractivity contribution is 6.31. The van der Waals surface area contributed by atoms with Gasteiger partial charge < -0.3 is 14.9 Å². The van der Waals surface area contributed by atoms with E-state index in [1.54, 1.807) is 18.2 Å². The van der Waals surface area contributed by atoms with Crippen molar-refractivity contribution in [2.45, 2.75) is 31.3 Å². The van der Waals surface area contributed by atoms with Crippen LogP contribution in [-0.4, -0.2) is 67.5 Å². The van der Waals surface area contributed by atoms with Crippen molar-refractivity contribution in [3.05, 3.63) is 93.5 Å². The van der Waals surface area contributed by atoms with Crippen LogP contribution in [0.1, 0.15) is 27.9 Å². The first-order valence-electron chi connectivity index (χ1n) is 12.5. The van der Waals surface area contributed by atoms with E-state index in [4.69, 9.17) is 23.2 Å². The smallest absolute Gasteiger partial charge is 0.407 e. The first-order chi connectivity index (χ1) is 18.4. The lowest BCUT2D eigenvalue weighted by Crippen LogP contribution is -2.71. The zero-order valence-corrected chi connectivity index (χ0v) is 21.9. The topological polar surface area (TPSA) is 102 Å². The van der Waals surface area contributed by atoms with Crippen LogP contribution in [0.2, 0.25) is 10.0 Å². The number of fused-ring (bicyclic) bond motifs is 1. The Bertz CT molecular complexity index is 1540. The first kappa shape index (κ1) is 24.7. The van der Waals surface area contributed by atoms with Gasteiger partial charge in [-0.3, -0.25) is 9.89 Å². The fourth-order valence-corrected chi connectivity index (χ4v) is 6.65. The Morgan fingerprint density at radius 3 is 2.21 bits per heavy atom. The maximum atomic E-state index is 13.8. The second kappa shape index (κ2) is 9.60. The van der Waals surface area contributed by atoms with Gasteiger partial charge in [-0.1, -0.05) is 64.8 Å². The fourth-order valence-electron chi connectivity index (χ4n) is 6.22. The second-order valence-corrected chi connectivity index (χ2v) is 10.9. The Hall–Kier alpha value is -3.62. The van der Waals surface area contributed by atoms with E-state index < -0.39 is 11.5 Å². The number of H-pyrrole nitrogens is 1. The summed E-state index contributed by atoms with van der Waals surface area (Å²) in [4.78, 5) is 29.6. The van der Waals surface area contributed by atoms with Gasteiger partial charge in [0.05, 0.1) is 5.52 Å². The number of nitrogens with zero attached hydrogens (tertiary/aromatic N) is 4. The quantitative estimate of drug-likeness (QED) is 0.351. The number of amides is 2. The van der Waals surface area contributed by atoms with Crippen LogP contribution in [0.4, 0.5) is 4.79 Å². The summed E-state index contributed by atoms with van der Waals surface area (Å²) in [5.41, 5.74) is 3.26. The predicted molar refractivity (Wildman–Crippen MR) is 145 cm³/mol. The van der Waals surface area contributed by atoms with Crippen LogP contribution in [0.25, 0.3) is 11.0 Å². The van der Waals surface area contributed by atoms with Crippen molar-refractivity contribution in [3.8, 4) is 0 Å². The van der Waals surface area contributed by atoms with Crippen LogP contribution in [0.15, 0.2) is 66.7 Å². The number of carbonyl (C=O) groups excluding carboxylic acids is 1. The molecule has 3 atom stereocenters. The Morgan fingerprint density at radius 2 is 1.58 bits per heavy atom. The number of carboxylic acid groups (broad SMARTS) is 1. The molecule has 2 aliphatic heterocycles. The van der Waals surface area contributed by atoms with Gasteiger partial charge in [0.25, 0.3) is 5.91 Å². The molecule has 2 aliphatic rings. The summed E-state index contributed by atoms with van der Waals surface area (Å²) in [7, 11) is 0. The molecule has 6 rings (SSSR count). The van der Waals surface area contributed by atoms with Crippen molar-refractivity contribution < 1.29 is 14.7 Å². The van der Waals surface area contributed by atoms with Gasteiger partial charge >= 0.3 is 6.09 Å². The lowest BCUT2D eigenvalue weighted by Gasteiger charge is -2.59. The number of benzene rings is 3. The van der Waals surface area contributed by atoms with E-state index in [1.807, 2.05) is 53.4 Å². The minimum atomic E-state index is -0.961. The molecule has 38 heavy (non-hydrogen) atoms. The third-order valence-corrected chi connectivity index (χ3v) is 8.92. The van der Waals surface area contributed by atoms with Crippen LogP contribution < -0.4 is 0 Å². The highest BCUT2D eigenvalue weighted by Crippen LogP contribution is 2.52. The summed E-state index contributed by atoms with van der Waals surface area (Å²) >= 11 is 13.1. The summed E-state index contributed by atoms with van der Waals surface area (Å²) in [6.45, 7) is 0.840. The molecule has 0 radical (unpaired) electrons. The summed E-state index contributed by atoms with van der Waals surface area (Å²) in [6, 6.07) is 19.8. The molecule has 2 saturated heterocycles. The lowest BCUT2D eigenvalue weighted by molar-refractivity contribution is -0.0695. The van der Waals surface area contributed by atoms with Crippen molar-refractivity contribution in [1.82, 2.24) is 25.2 Å². The molecule has 2 amide bonds. The predicted octanol–water partition coefficient (Wildman–Crippen LogP) is 5.31. The number of aromatic amines is 1. The molecular weight excluding hydrogens is 525 g/mol. The van der Waals surface area contributed by atoms with Gasteiger partial charge in [-0.15, -0.1) is 5.10 Å². The molecule has 194 valence electrons. The van der Waals surface area contributed by atoms with E-state index in [0.29, 0.717) is 53.5 Å². The number of hydrogen-bond acceptors (Lipinski definition) is 4. The van der Waals surface area contributed by atoms with E-state index >= 15 is 0 Å². The monoisotopic (exact) mass is 549 g/mol. The number of halogens is 2. The Morgan fingerprint density at radius 1 is 0.947 bits per heavy atom. The van der Waals surface area contributed by atoms with Gasteiger partial charge in [-0.25, -0.2) is 4.79 Å². The van der Waals surface area contributed by atoms with Crippen molar-refractivity contribution in [3.63, 3.8) is 0 Å². The number of aromatic nitrogens is 3. The molecule has 0 saturated carbocycles. The average molecular weight is 550 g/mol. The molecule has 0 aliphatic carbocycles. The molecule has 10 heteroatoms. The van der Waals surface area contributed by atoms with E-state index in [1.165, 1.54) is 4.90 Å². The average Bonchev–Trinajstić information content (AvgIpc) is 3.53. The maximum Gasteiger partial charge on any atom is 0.407 e. The fraction of sp³-hybridized carbons (Fsp3) is 0.286. The minimum Gasteiger partial charge on any atom is -0.465 e. The third-order valence-electron chi connectivity index (χ3n) is 8.18. The number of nitrogens with one attached hydrogen (secondary N) is 1. The van der Waals surface area contributed by atoms with Gasteiger partial charge in [0.2, 0.25) is 0 Å². The molecule has 3 unspecified atom stereocenters. The third kappa shape index (κ3) is 4.08. The van der Waals surface area contributed by atoms with E-state index in [2.05, 4.69) is 15.4 Å². The molecule has 4 aromatic rings. The number of rotatable bonds is 5. The number of carbonyl (C=O) groups is 2. The molecule has 2 fully saturated rings. The normalized spacial score (nSPS) is 22.7. The van der Waals surface area contributed by atoms with Crippen LogP contribution in [0.5, 0.6) is 0 Å². The van der Waals surface area contributed by atoms with Gasteiger partial charge in [-0.2, -0.15) is 0 Å². The van der Waals surface area contributed by atoms with Crippen molar-refractivity contribution in [2.75, 3.05) is 13.1 Å². The summed E-state index contributed by atoms with van der Waals surface area (Å²) in [5, 5.41) is 22.0. The summed E-state index contributed by atoms with van der Waals surface area (Å²) in [5.74, 6) is -0.122. The zero-order valence-electron chi connectivity index (χ0n) is 20.3. The van der Waals surface area contributed by atoms with Crippen molar-refractivity contribution in [1.29, 1.82) is 0 Å². The summed E-state index contributed by atoms with van der Waals surface area (Å²) in [6.07, 6.45) is 0.675. The maximum absolute atomic E-state index is 13.8. The Kier molecular flexibility index (Phi) is 6.24. The molecule has 3 heterocycles. The molecule has 8 nitrogen and oxygen atoms in total. The van der Waals surface area contributed by atoms with Crippen LogP contribution in [0.3, 0.4) is 0 Å². The minimum absolute atomic E-state index is 0.122. The van der Waals surface area contributed by atoms with Crippen molar-refractivity contribution in [2.24, 2.45) is 5.41 Å². The van der Waals surface area contributed by atoms with E-state index in [-0.39, 0.29) is 18.0 Å². The molecule has 2 N–H and O–H groups in total. The number of hydrogen-bond donors (Lipinski definition) is 2. The van der Waals surface area contributed by atoms with Gasteiger partial charge in [0, 0.05) is 46.2 Å². The zero-order chi connectivity index (χ0) is 26.4. The molecule has 0 bridgehead atoms. The SMILES string of the molecule is O=C(O)N1CCC2(CN(C(=O)c3ccc4[nH]nnc4c3)C2Cc2ccccc2Cl)C1Cc1ccccc1Cl. The lowest BCUT2D eigenvalue weighted by atomic mass is 9.63. The van der Waals surface area contributed by atoms with Gasteiger partial charge in [-0.05, 0) is 60.7 Å². The number of likely N-dealkylation sites (tertiary alicyclic amines) is 2. The largest absolute Gasteiger partial charge is 0.465 e. The van der Waals surface area contributed by atoms with Crippen LogP contribution in [-0.2, 0) is 12.8 Å². The second-order valence-electron chi connectivity index (χ2n) is 10.1. The molecule has 1 aromatic heterocycles. The van der Waals surface area contributed by atoms with Gasteiger partial charge in [0.15, 0.2) is 0 Å². The molecule has 3 aromatic carbocycles. The standard InChI is InChI=1S/C28H25Cl2N5O3/c29-20-7-3-1-5-17(20)14-24-28(11-12-34(24)27(37)38)16-35(25(28)15-18-6-2-4-8-21(18)30)26(36)19-9-10-22-23(13-19)32-33-31-22/h1-10,13,24-25H,11-12,14-16H2,(H,37,38)(H,31,32,33). The van der Waals surface area contributed by atoms with Crippen LogP contribution in [0, 0.1) is 5.41 Å². The Labute approximate surface area is 229 Å². The van der Waals surface area contributed by atoms with E-state index in [9.17, 15) is 14.7 Å². The summed E-state index contributed by atoms with van der Waals surface area (Å²) < 4.78 is 0. The van der Waals surface area contributed by atoms with Crippen molar-refractivity contribution >= 4 is 46.2 Å². The molecule has 1 spiro atoms. The Balaban J connectivity index is 1.39. The highest BCUT2D eigenvalue weighted by atomic mass is 35.5. The molecular formula is C28H25Cl2N5O3. The van der Waals surface area contributed by atoms with E-state index in [0.717, 1.165) is 16.6 Å². The highest BCUT2D eigenvalue weighted by Gasteiger charge is 2.63.